The first-order chi connectivity index (χ1) is 29.3. The third-order valence-electron chi connectivity index (χ3n) is 16.6. The summed E-state index contributed by atoms with van der Waals surface area (Å²) in [5.41, 5.74) is -0.439. The summed E-state index contributed by atoms with van der Waals surface area (Å²) in [7, 11) is 4.68. The van der Waals surface area contributed by atoms with Gasteiger partial charge in [-0.05, 0) is 104 Å². The number of aliphatic hydroxyl groups is 3. The van der Waals surface area contributed by atoms with E-state index in [1.165, 1.54) is 12.7 Å². The maximum atomic E-state index is 13.3. The second-order valence-corrected chi connectivity index (χ2v) is 19.8. The number of aliphatic hydroxyl groups excluding tert-OH is 2. The molecule has 3 heterocycles. The zero-order valence-electron chi connectivity index (χ0n) is 38.7. The number of hydrogen-bond acceptors (Lipinski definition) is 15. The van der Waals surface area contributed by atoms with E-state index >= 15 is 0 Å². The van der Waals surface area contributed by atoms with Gasteiger partial charge in [-0.25, -0.2) is 4.79 Å². The summed E-state index contributed by atoms with van der Waals surface area (Å²) in [6, 6.07) is 0. The SMILES string of the molecule is C.C/C=C(\C)C(=O)O[C@@H]1CC2C(CC=C3C[C@@H](OC4CC(OC)C(OC5CC(OC)C(OC6OC(C)C(O)C(OC)C6O)C(C)O5)C(C)O4)CC[C@@]32C)[C@@]2(O)CC[C@H](C(C)=O)[C@@]12C. The topological polar surface area (TPSA) is 187 Å². The molecule has 360 valence electrons. The molecule has 0 bridgehead atoms. The molecule has 0 spiro atoms. The number of hydrogen-bond donors (Lipinski definition) is 3. The molecule has 7 rings (SSSR count). The summed E-state index contributed by atoms with van der Waals surface area (Å²) in [5, 5.41) is 34.1. The lowest BCUT2D eigenvalue weighted by Crippen LogP contribution is -2.66. The number of carbonyl (C=O) groups is 2. The van der Waals surface area contributed by atoms with E-state index in [0.29, 0.717) is 44.1 Å². The molecule has 21 atom stereocenters. The van der Waals surface area contributed by atoms with Gasteiger partial charge in [0.15, 0.2) is 18.9 Å². The number of carbonyl (C=O) groups excluding carboxylic acids is 2. The number of Topliss-reactive ketones (excluding diaryl/α,β-unsaturated/α-hetero) is 1. The van der Waals surface area contributed by atoms with E-state index in [1.807, 2.05) is 27.7 Å². The highest BCUT2D eigenvalue weighted by Crippen LogP contribution is 2.68. The quantitative estimate of drug-likeness (QED) is 0.130. The molecule has 15 heteroatoms. The molecule has 0 amide bonds. The van der Waals surface area contributed by atoms with Gasteiger partial charge in [-0.2, -0.15) is 0 Å². The second kappa shape index (κ2) is 19.8. The largest absolute Gasteiger partial charge is 0.458 e. The Balaban J connectivity index is 0.00000661. The lowest BCUT2D eigenvalue weighted by molar-refractivity contribution is -0.352. The summed E-state index contributed by atoms with van der Waals surface area (Å²) in [5.74, 6) is -0.727. The van der Waals surface area contributed by atoms with Crippen LogP contribution < -0.4 is 0 Å². The maximum absolute atomic E-state index is 13.3. The minimum Gasteiger partial charge on any atom is -0.458 e. The molecule has 0 radical (unpaired) electrons. The van der Waals surface area contributed by atoms with Gasteiger partial charge in [0.1, 0.15) is 42.4 Å². The van der Waals surface area contributed by atoms with E-state index in [2.05, 4.69) is 13.0 Å². The van der Waals surface area contributed by atoms with Crippen molar-refractivity contribution in [2.75, 3.05) is 21.3 Å². The van der Waals surface area contributed by atoms with Gasteiger partial charge in [0.05, 0.1) is 42.2 Å². The second-order valence-electron chi connectivity index (χ2n) is 19.8. The third-order valence-corrected chi connectivity index (χ3v) is 16.6. The Morgan fingerprint density at radius 1 is 0.778 bits per heavy atom. The molecule has 3 saturated carbocycles. The number of methoxy groups -OCH3 is 3. The van der Waals surface area contributed by atoms with Gasteiger partial charge in [-0.1, -0.05) is 39.0 Å². The first kappa shape index (κ1) is 50.6. The molecule has 6 fully saturated rings. The Kier molecular flexibility index (Phi) is 15.9. The molecule has 63 heavy (non-hydrogen) atoms. The zero-order valence-corrected chi connectivity index (χ0v) is 38.7. The van der Waals surface area contributed by atoms with Crippen molar-refractivity contribution >= 4 is 11.8 Å². The summed E-state index contributed by atoms with van der Waals surface area (Å²) in [6.45, 7) is 15.0. The highest BCUT2D eigenvalue weighted by Gasteiger charge is 2.71. The molecule has 0 aromatic heterocycles. The van der Waals surface area contributed by atoms with Gasteiger partial charge in [0, 0.05) is 51.1 Å². The van der Waals surface area contributed by atoms with E-state index in [1.54, 1.807) is 41.1 Å². The predicted octanol–water partition coefficient (Wildman–Crippen LogP) is 5.33. The van der Waals surface area contributed by atoms with Crippen molar-refractivity contribution < 1.29 is 72.3 Å². The lowest BCUT2D eigenvalue weighted by atomic mass is 9.45. The van der Waals surface area contributed by atoms with Gasteiger partial charge in [-0.3, -0.25) is 4.79 Å². The van der Waals surface area contributed by atoms with Crippen LogP contribution >= 0.6 is 0 Å². The molecule has 15 nitrogen and oxygen atoms in total. The standard InChI is InChI=1S/C47H74O15.CH4/c1-12-23(2)43(51)60-35-20-32-31(47(52)18-16-30(24(3)48)46(35,47)8)14-13-28-19-29(15-17-45(28,32)7)59-36-21-33(53-9)40(26(5)56-36)61-37-22-34(54-10)41(27(6)57-37)62-44-39(50)42(55-11)38(49)25(4)58-44;/h12-13,25-27,29-42,44,49-50,52H,14-22H2,1-11H3;1H4/b23-12+;/t25?,26?,27?,29-,30+,31?,32?,33?,34?,35+,36?,37?,38?,39?,40?,41?,42?,44?,45-,46-,47-;/m0./s1. The van der Waals surface area contributed by atoms with Crippen molar-refractivity contribution in [1.29, 1.82) is 0 Å². The minimum atomic E-state index is -1.22. The fourth-order valence-electron chi connectivity index (χ4n) is 12.8. The monoisotopic (exact) mass is 895 g/mol. The van der Waals surface area contributed by atoms with Crippen molar-refractivity contribution in [3.63, 3.8) is 0 Å². The molecule has 3 aliphatic heterocycles. The Morgan fingerprint density at radius 2 is 1.40 bits per heavy atom. The molecular formula is C48H78O15. The van der Waals surface area contributed by atoms with Crippen molar-refractivity contribution in [3.8, 4) is 0 Å². The number of ether oxygens (including phenoxy) is 10. The van der Waals surface area contributed by atoms with Crippen molar-refractivity contribution in [3.05, 3.63) is 23.3 Å². The Bertz CT molecular complexity index is 1670. The smallest absolute Gasteiger partial charge is 0.333 e. The molecule has 0 aromatic carbocycles. The summed E-state index contributed by atoms with van der Waals surface area (Å²) < 4.78 is 61.8. The van der Waals surface area contributed by atoms with Crippen LogP contribution in [0.2, 0.25) is 0 Å². The van der Waals surface area contributed by atoms with Crippen LogP contribution in [0.5, 0.6) is 0 Å². The molecule has 3 saturated heterocycles. The van der Waals surface area contributed by atoms with E-state index < -0.39 is 96.9 Å². The summed E-state index contributed by atoms with van der Waals surface area (Å²) in [6.07, 6.45) is 0.173. The van der Waals surface area contributed by atoms with Crippen LogP contribution in [-0.2, 0) is 57.0 Å². The van der Waals surface area contributed by atoms with Crippen molar-refractivity contribution in [1.82, 2.24) is 0 Å². The van der Waals surface area contributed by atoms with E-state index in [0.717, 1.165) is 19.3 Å². The van der Waals surface area contributed by atoms with Crippen LogP contribution in [0.3, 0.4) is 0 Å². The van der Waals surface area contributed by atoms with Crippen LogP contribution in [0.25, 0.3) is 0 Å². The number of ketones is 1. The number of fused-ring (bicyclic) bond motifs is 5. The minimum absolute atomic E-state index is 0. The average Bonchev–Trinajstić information content (AvgIpc) is 3.53. The van der Waals surface area contributed by atoms with E-state index in [9.17, 15) is 24.9 Å². The number of esters is 1. The first-order valence-electron chi connectivity index (χ1n) is 23.0. The summed E-state index contributed by atoms with van der Waals surface area (Å²) in [4.78, 5) is 26.4. The van der Waals surface area contributed by atoms with E-state index in [-0.39, 0.29) is 48.6 Å². The molecule has 15 unspecified atom stereocenters. The van der Waals surface area contributed by atoms with Crippen LogP contribution in [-0.4, -0.2) is 146 Å². The van der Waals surface area contributed by atoms with Crippen molar-refractivity contribution in [2.45, 2.75) is 218 Å². The van der Waals surface area contributed by atoms with Gasteiger partial charge in [0.2, 0.25) is 0 Å². The van der Waals surface area contributed by atoms with Crippen LogP contribution in [0.15, 0.2) is 23.3 Å². The average molecular weight is 895 g/mol. The Morgan fingerprint density at radius 3 is 1.98 bits per heavy atom. The first-order valence-corrected chi connectivity index (χ1v) is 23.0. The molecular weight excluding hydrogens is 817 g/mol. The zero-order chi connectivity index (χ0) is 45.1. The maximum Gasteiger partial charge on any atom is 0.333 e. The molecule has 4 aliphatic carbocycles. The molecule has 0 aromatic rings. The number of rotatable bonds is 12. The Hall–Kier alpha value is -1.86. The van der Waals surface area contributed by atoms with Crippen LogP contribution in [0, 0.1) is 28.6 Å². The van der Waals surface area contributed by atoms with Crippen LogP contribution in [0.4, 0.5) is 0 Å². The normalized spacial score (nSPS) is 48.8. The molecule has 7 aliphatic rings. The van der Waals surface area contributed by atoms with Crippen LogP contribution in [0.1, 0.15) is 121 Å². The predicted molar refractivity (Wildman–Crippen MR) is 230 cm³/mol. The van der Waals surface area contributed by atoms with Gasteiger partial charge < -0.3 is 62.7 Å². The van der Waals surface area contributed by atoms with Gasteiger partial charge in [-0.15, -0.1) is 0 Å². The highest BCUT2D eigenvalue weighted by atomic mass is 16.8. The molecule has 3 N–H and O–H groups in total. The summed E-state index contributed by atoms with van der Waals surface area (Å²) >= 11 is 0. The van der Waals surface area contributed by atoms with E-state index in [4.69, 9.17) is 47.4 Å². The third kappa shape index (κ3) is 9.02. The number of allylic oxidation sites excluding steroid dienone is 2. The Labute approximate surface area is 374 Å². The lowest BCUT2D eigenvalue weighted by Gasteiger charge is -2.63. The fraction of sp³-hybridized carbons (Fsp3) is 0.875. The van der Waals surface area contributed by atoms with Crippen molar-refractivity contribution in [2.24, 2.45) is 28.6 Å². The van der Waals surface area contributed by atoms with Gasteiger partial charge in [0.25, 0.3) is 0 Å². The highest BCUT2D eigenvalue weighted by molar-refractivity contribution is 5.88. The fourth-order valence-corrected chi connectivity index (χ4v) is 12.8. The van der Waals surface area contributed by atoms with Gasteiger partial charge >= 0.3 is 5.97 Å².